The molecule has 2 bridgehead atoms. The lowest BCUT2D eigenvalue weighted by Crippen LogP contribution is -2.57. The lowest BCUT2D eigenvalue weighted by atomic mass is 9.60. The van der Waals surface area contributed by atoms with Crippen LogP contribution in [-0.4, -0.2) is 40.3 Å². The van der Waals surface area contributed by atoms with Crippen LogP contribution in [0.3, 0.4) is 0 Å². The molecule has 3 aliphatic rings. The fraction of sp³-hybridized carbons (Fsp3) is 0.516. The van der Waals surface area contributed by atoms with Gasteiger partial charge in [-0.05, 0) is 80.5 Å². The SMILES string of the molecule is CCC1CC2CC(C)CC(NC(=O)c3cn(-c4ccc(F)cc4F)c4nc(N5CC[C@H](F)C5)ccc4c3=O)(C1)C2. The van der Waals surface area contributed by atoms with Crippen LogP contribution >= 0.6 is 0 Å². The monoisotopic (exact) mass is 552 g/mol. The number of benzene rings is 1. The minimum absolute atomic E-state index is 0.0388. The summed E-state index contributed by atoms with van der Waals surface area (Å²) in [5.41, 5.74) is -0.913. The molecule has 0 radical (unpaired) electrons. The van der Waals surface area contributed by atoms with Gasteiger partial charge in [0.15, 0.2) is 5.65 Å². The number of pyridine rings is 2. The summed E-state index contributed by atoms with van der Waals surface area (Å²) in [5, 5.41) is 3.40. The van der Waals surface area contributed by atoms with Crippen molar-refractivity contribution in [3.05, 3.63) is 63.9 Å². The number of hydrogen-bond acceptors (Lipinski definition) is 4. The average Bonchev–Trinajstić information content (AvgIpc) is 3.34. The van der Waals surface area contributed by atoms with E-state index in [0.29, 0.717) is 36.5 Å². The molecule has 1 aliphatic heterocycles. The summed E-state index contributed by atoms with van der Waals surface area (Å²) in [7, 11) is 0. The van der Waals surface area contributed by atoms with Crippen LogP contribution in [0.2, 0.25) is 0 Å². The Morgan fingerprint density at radius 1 is 1.15 bits per heavy atom. The number of rotatable bonds is 5. The number of fused-ring (bicyclic) bond motifs is 3. The predicted molar refractivity (Wildman–Crippen MR) is 149 cm³/mol. The molecule has 0 spiro atoms. The molecule has 2 saturated carbocycles. The lowest BCUT2D eigenvalue weighted by molar-refractivity contribution is 0.0429. The van der Waals surface area contributed by atoms with Crippen molar-refractivity contribution >= 4 is 22.8 Å². The number of anilines is 1. The van der Waals surface area contributed by atoms with Crippen LogP contribution in [-0.2, 0) is 0 Å². The molecular weight excluding hydrogens is 517 g/mol. The normalized spacial score (nSPS) is 28.2. The van der Waals surface area contributed by atoms with Crippen molar-refractivity contribution in [2.24, 2.45) is 17.8 Å². The second-order valence-corrected chi connectivity index (χ2v) is 12.3. The van der Waals surface area contributed by atoms with Gasteiger partial charge in [-0.15, -0.1) is 0 Å². The van der Waals surface area contributed by atoms with Crippen molar-refractivity contribution in [3.63, 3.8) is 0 Å². The molecule has 212 valence electrons. The molecule has 6 rings (SSSR count). The van der Waals surface area contributed by atoms with Crippen LogP contribution in [0.4, 0.5) is 19.0 Å². The summed E-state index contributed by atoms with van der Waals surface area (Å²) in [6, 6.07) is 6.33. The van der Waals surface area contributed by atoms with E-state index in [1.165, 1.54) is 23.3 Å². The summed E-state index contributed by atoms with van der Waals surface area (Å²) in [5.74, 6) is -0.102. The van der Waals surface area contributed by atoms with Gasteiger partial charge < -0.3 is 10.2 Å². The Kier molecular flexibility index (Phi) is 6.87. The second-order valence-electron chi connectivity index (χ2n) is 12.3. The number of carbonyl (C=O) groups excluding carboxylic acids is 1. The molecule has 3 aromatic rings. The number of aromatic nitrogens is 2. The van der Waals surface area contributed by atoms with Gasteiger partial charge in [-0.1, -0.05) is 20.3 Å². The molecule has 3 fully saturated rings. The number of carbonyl (C=O) groups is 1. The summed E-state index contributed by atoms with van der Waals surface area (Å²) in [6.07, 6.45) is 6.70. The Balaban J connectivity index is 1.45. The van der Waals surface area contributed by atoms with Gasteiger partial charge in [-0.2, -0.15) is 0 Å². The summed E-state index contributed by atoms with van der Waals surface area (Å²) in [6.45, 7) is 5.04. The van der Waals surface area contributed by atoms with Gasteiger partial charge in [0.1, 0.15) is 29.2 Å². The number of hydrogen-bond donors (Lipinski definition) is 1. The maximum Gasteiger partial charge on any atom is 0.257 e. The van der Waals surface area contributed by atoms with Crippen molar-refractivity contribution in [1.82, 2.24) is 14.9 Å². The molecule has 4 unspecified atom stereocenters. The van der Waals surface area contributed by atoms with Crippen LogP contribution in [0.1, 0.15) is 69.2 Å². The van der Waals surface area contributed by atoms with Crippen LogP contribution in [0, 0.1) is 29.4 Å². The molecule has 3 heterocycles. The minimum Gasteiger partial charge on any atom is -0.354 e. The van der Waals surface area contributed by atoms with E-state index in [1.807, 2.05) is 0 Å². The molecule has 2 aromatic heterocycles. The van der Waals surface area contributed by atoms with Crippen LogP contribution < -0.4 is 15.6 Å². The first-order valence-corrected chi connectivity index (χ1v) is 14.4. The van der Waals surface area contributed by atoms with E-state index in [9.17, 15) is 18.4 Å². The van der Waals surface area contributed by atoms with E-state index >= 15 is 4.39 Å². The van der Waals surface area contributed by atoms with Crippen molar-refractivity contribution in [2.45, 2.75) is 70.5 Å². The van der Waals surface area contributed by atoms with Gasteiger partial charge in [0.2, 0.25) is 5.43 Å². The highest BCUT2D eigenvalue weighted by atomic mass is 19.1. The van der Waals surface area contributed by atoms with Gasteiger partial charge >= 0.3 is 0 Å². The third-order valence-electron chi connectivity index (χ3n) is 9.16. The van der Waals surface area contributed by atoms with Gasteiger partial charge in [0, 0.05) is 24.3 Å². The quantitative estimate of drug-likeness (QED) is 0.426. The Morgan fingerprint density at radius 3 is 2.70 bits per heavy atom. The van der Waals surface area contributed by atoms with E-state index in [4.69, 9.17) is 0 Å². The van der Waals surface area contributed by atoms with Gasteiger partial charge in [0.05, 0.1) is 17.6 Å². The third-order valence-corrected chi connectivity index (χ3v) is 9.16. The Morgan fingerprint density at radius 2 is 1.98 bits per heavy atom. The largest absolute Gasteiger partial charge is 0.354 e. The van der Waals surface area contributed by atoms with Gasteiger partial charge in [-0.25, -0.2) is 18.2 Å². The second kappa shape index (κ2) is 10.2. The molecule has 1 aromatic carbocycles. The van der Waals surface area contributed by atoms with Crippen LogP contribution in [0.25, 0.3) is 16.7 Å². The first kappa shape index (κ1) is 26.8. The van der Waals surface area contributed by atoms with E-state index in [-0.39, 0.29) is 34.4 Å². The zero-order chi connectivity index (χ0) is 28.2. The smallest absolute Gasteiger partial charge is 0.257 e. The number of nitrogens with one attached hydrogen (secondary N) is 1. The molecule has 40 heavy (non-hydrogen) atoms. The summed E-state index contributed by atoms with van der Waals surface area (Å²) in [4.78, 5) is 34.0. The zero-order valence-corrected chi connectivity index (χ0v) is 22.9. The predicted octanol–water partition coefficient (Wildman–Crippen LogP) is 5.94. The fourth-order valence-electron chi connectivity index (χ4n) is 7.58. The van der Waals surface area contributed by atoms with Crippen molar-refractivity contribution < 1.29 is 18.0 Å². The zero-order valence-electron chi connectivity index (χ0n) is 22.9. The highest BCUT2D eigenvalue weighted by molar-refractivity contribution is 5.97. The van der Waals surface area contributed by atoms with E-state index in [2.05, 4.69) is 24.1 Å². The van der Waals surface area contributed by atoms with Crippen LogP contribution in [0.15, 0.2) is 41.3 Å². The lowest BCUT2D eigenvalue weighted by Gasteiger charge is -2.50. The maximum atomic E-state index is 15.1. The number of amides is 1. The average molecular weight is 553 g/mol. The molecule has 1 saturated heterocycles. The highest BCUT2D eigenvalue weighted by Gasteiger charge is 2.46. The maximum absolute atomic E-state index is 15.1. The first-order valence-electron chi connectivity index (χ1n) is 14.4. The number of nitrogens with zero attached hydrogens (tertiary/aromatic N) is 3. The minimum atomic E-state index is -0.978. The van der Waals surface area contributed by atoms with E-state index in [0.717, 1.165) is 44.2 Å². The molecule has 9 heteroatoms. The summed E-state index contributed by atoms with van der Waals surface area (Å²) < 4.78 is 44.1. The van der Waals surface area contributed by atoms with Crippen molar-refractivity contribution in [3.8, 4) is 5.69 Å². The Labute approximate surface area is 231 Å². The van der Waals surface area contributed by atoms with Gasteiger partial charge in [-0.3, -0.25) is 14.2 Å². The summed E-state index contributed by atoms with van der Waals surface area (Å²) >= 11 is 0. The van der Waals surface area contributed by atoms with E-state index < -0.39 is 29.1 Å². The molecular formula is C31H35F3N4O2. The first-order chi connectivity index (χ1) is 19.1. The topological polar surface area (TPSA) is 67.2 Å². The molecule has 5 atom stereocenters. The molecule has 6 nitrogen and oxygen atoms in total. The van der Waals surface area contributed by atoms with Gasteiger partial charge in [0.25, 0.3) is 5.91 Å². The highest BCUT2D eigenvalue weighted by Crippen LogP contribution is 2.48. The molecule has 1 amide bonds. The standard InChI is InChI=1S/C31H35F3N4O2/c1-3-19-11-20-10-18(2)13-31(14-19,15-20)36-30(40)24-17-38(26-6-4-21(32)12-25(26)34)29-23(28(24)39)5-7-27(35-29)37-9-8-22(33)16-37/h4-7,12,17-20,22H,3,8-11,13-16H2,1-2H3,(H,36,40)/t18?,19?,20?,22-,31?/m0/s1. The van der Waals surface area contributed by atoms with Crippen LogP contribution in [0.5, 0.6) is 0 Å². The molecule has 1 N–H and O–H groups in total. The van der Waals surface area contributed by atoms with E-state index in [1.54, 1.807) is 17.0 Å². The Hall–Kier alpha value is -3.36. The third kappa shape index (κ3) is 4.88. The molecule has 2 aliphatic carbocycles. The fourth-order valence-corrected chi connectivity index (χ4v) is 7.58. The number of alkyl halides is 1. The Bertz CT molecular complexity index is 1520. The van der Waals surface area contributed by atoms with Crippen molar-refractivity contribution in [1.29, 1.82) is 0 Å². The number of halogens is 3. The van der Waals surface area contributed by atoms with Crippen molar-refractivity contribution in [2.75, 3.05) is 18.0 Å².